The molecule has 3 amide bonds. The van der Waals surface area contributed by atoms with Crippen molar-refractivity contribution in [2.45, 2.75) is 25.8 Å². The van der Waals surface area contributed by atoms with Crippen LogP contribution in [0.25, 0.3) is 0 Å². The number of anilines is 1. The molecule has 1 unspecified atom stereocenters. The predicted octanol–water partition coefficient (Wildman–Crippen LogP) is 0.0160. The van der Waals surface area contributed by atoms with Crippen LogP contribution >= 0.6 is 0 Å². The molecule has 0 spiro atoms. The Morgan fingerprint density at radius 3 is 2.54 bits per heavy atom. The van der Waals surface area contributed by atoms with E-state index >= 15 is 0 Å². The minimum atomic E-state index is -0.424. The molecule has 0 radical (unpaired) electrons. The molecule has 3 N–H and O–H groups in total. The fourth-order valence-electron chi connectivity index (χ4n) is 3.08. The Morgan fingerprint density at radius 2 is 1.89 bits per heavy atom. The second kappa shape index (κ2) is 10.6. The number of amides is 3. The molecule has 28 heavy (non-hydrogen) atoms. The van der Waals surface area contributed by atoms with Gasteiger partial charge in [-0.1, -0.05) is 6.07 Å². The van der Waals surface area contributed by atoms with Crippen molar-refractivity contribution in [2.24, 2.45) is 0 Å². The predicted molar refractivity (Wildman–Crippen MR) is 101 cm³/mol. The summed E-state index contributed by atoms with van der Waals surface area (Å²) in [5.41, 5.74) is 0.385. The highest BCUT2D eigenvalue weighted by atomic mass is 19.1. The number of rotatable bonds is 7. The summed E-state index contributed by atoms with van der Waals surface area (Å²) in [6, 6.07) is 5.66. The quantitative estimate of drug-likeness (QED) is 0.607. The number of carbonyl (C=O) groups excluding carboxylic acids is 3. The third-order valence-corrected chi connectivity index (χ3v) is 4.42. The standard InChI is InChI=1S/C19H27FN4O4/c1-3-28-19(27)24-9-7-15(8-10-24)21-17(25)12-23(2)13-18(26)22-16-6-4-5-14(20)11-16/h4-6,11,15H,3,7-10,12-13H2,1-2H3,(H,21,25)(H,22,26)/p+1. The number of nitrogens with one attached hydrogen (secondary N) is 3. The fourth-order valence-corrected chi connectivity index (χ4v) is 3.08. The minimum Gasteiger partial charge on any atom is -0.450 e. The lowest BCUT2D eigenvalue weighted by Crippen LogP contribution is -3.11. The SMILES string of the molecule is CCOC(=O)N1CCC(NC(=O)C[NH+](C)CC(=O)Nc2cccc(F)c2)CC1. The number of likely N-dealkylation sites (tertiary alicyclic amines) is 1. The second-order valence-corrected chi connectivity index (χ2v) is 6.90. The third-order valence-electron chi connectivity index (χ3n) is 4.42. The van der Waals surface area contributed by atoms with Crippen molar-refractivity contribution in [1.82, 2.24) is 10.2 Å². The number of piperidine rings is 1. The van der Waals surface area contributed by atoms with E-state index in [9.17, 15) is 18.8 Å². The summed E-state index contributed by atoms with van der Waals surface area (Å²) in [5, 5.41) is 5.57. The topological polar surface area (TPSA) is 92.2 Å². The van der Waals surface area contributed by atoms with Gasteiger partial charge in [0.1, 0.15) is 5.82 Å². The minimum absolute atomic E-state index is 0.00657. The van der Waals surface area contributed by atoms with E-state index < -0.39 is 5.82 Å². The van der Waals surface area contributed by atoms with Crippen LogP contribution in [-0.2, 0) is 14.3 Å². The monoisotopic (exact) mass is 395 g/mol. The Bertz CT molecular complexity index is 692. The van der Waals surface area contributed by atoms with E-state index in [2.05, 4.69) is 10.6 Å². The number of halogens is 1. The first-order valence-corrected chi connectivity index (χ1v) is 9.45. The van der Waals surface area contributed by atoms with E-state index in [1.807, 2.05) is 0 Å². The Morgan fingerprint density at radius 1 is 1.21 bits per heavy atom. The molecule has 0 aromatic heterocycles. The lowest BCUT2D eigenvalue weighted by Gasteiger charge is -2.31. The molecule has 0 bridgehead atoms. The van der Waals surface area contributed by atoms with Gasteiger partial charge in [0, 0.05) is 24.8 Å². The van der Waals surface area contributed by atoms with Gasteiger partial charge in [0.2, 0.25) is 0 Å². The molecule has 1 aromatic carbocycles. The maximum Gasteiger partial charge on any atom is 0.409 e. The molecule has 1 atom stereocenters. The molecule has 1 fully saturated rings. The summed E-state index contributed by atoms with van der Waals surface area (Å²) in [4.78, 5) is 38.3. The lowest BCUT2D eigenvalue weighted by molar-refractivity contribution is -0.862. The Labute approximate surface area is 164 Å². The van der Waals surface area contributed by atoms with Gasteiger partial charge in [-0.25, -0.2) is 9.18 Å². The second-order valence-electron chi connectivity index (χ2n) is 6.90. The summed E-state index contributed by atoms with van der Waals surface area (Å²) in [7, 11) is 1.74. The molecule has 1 saturated heterocycles. The molecule has 1 aromatic rings. The first-order chi connectivity index (χ1) is 13.4. The number of ether oxygens (including phenoxy) is 1. The zero-order valence-corrected chi connectivity index (χ0v) is 16.3. The molecule has 154 valence electrons. The summed E-state index contributed by atoms with van der Waals surface area (Å²) in [6.07, 6.45) is 1.02. The number of benzene rings is 1. The molecule has 1 aliphatic heterocycles. The summed E-state index contributed by atoms with van der Waals surface area (Å²) in [6.45, 7) is 3.43. The number of quaternary nitrogens is 1. The molecule has 0 aliphatic carbocycles. The fraction of sp³-hybridized carbons (Fsp3) is 0.526. The van der Waals surface area contributed by atoms with E-state index in [4.69, 9.17) is 4.74 Å². The summed E-state index contributed by atoms with van der Waals surface area (Å²) >= 11 is 0. The Kier molecular flexibility index (Phi) is 8.19. The molecular formula is C19H28FN4O4+. The van der Waals surface area contributed by atoms with E-state index in [1.54, 1.807) is 24.9 Å². The Hall–Kier alpha value is -2.68. The van der Waals surface area contributed by atoms with Gasteiger partial charge in [-0.2, -0.15) is 0 Å². The van der Waals surface area contributed by atoms with Gasteiger partial charge in [-0.05, 0) is 38.0 Å². The van der Waals surface area contributed by atoms with Crippen molar-refractivity contribution >= 4 is 23.6 Å². The largest absolute Gasteiger partial charge is 0.450 e. The van der Waals surface area contributed by atoms with Crippen LogP contribution in [0.5, 0.6) is 0 Å². The smallest absolute Gasteiger partial charge is 0.409 e. The van der Waals surface area contributed by atoms with Gasteiger partial charge in [0.15, 0.2) is 13.1 Å². The van der Waals surface area contributed by atoms with Crippen molar-refractivity contribution in [3.05, 3.63) is 30.1 Å². The molecule has 9 heteroatoms. The highest BCUT2D eigenvalue weighted by Crippen LogP contribution is 2.11. The molecule has 1 heterocycles. The van der Waals surface area contributed by atoms with Gasteiger partial charge in [0.25, 0.3) is 11.8 Å². The van der Waals surface area contributed by atoms with E-state index in [-0.39, 0.29) is 37.0 Å². The van der Waals surface area contributed by atoms with E-state index in [1.165, 1.54) is 18.2 Å². The number of hydrogen-bond donors (Lipinski definition) is 3. The van der Waals surface area contributed by atoms with Crippen molar-refractivity contribution in [1.29, 1.82) is 0 Å². The normalized spacial score (nSPS) is 15.6. The Balaban J connectivity index is 1.68. The van der Waals surface area contributed by atoms with E-state index in [0.29, 0.717) is 38.2 Å². The van der Waals surface area contributed by atoms with Crippen LogP contribution in [0.2, 0.25) is 0 Å². The highest BCUT2D eigenvalue weighted by Gasteiger charge is 2.25. The van der Waals surface area contributed by atoms with Crippen LogP contribution in [0.1, 0.15) is 19.8 Å². The van der Waals surface area contributed by atoms with Crippen molar-refractivity contribution in [3.8, 4) is 0 Å². The average molecular weight is 395 g/mol. The molecule has 8 nitrogen and oxygen atoms in total. The van der Waals surface area contributed by atoms with Gasteiger partial charge >= 0.3 is 6.09 Å². The summed E-state index contributed by atoms with van der Waals surface area (Å²) < 4.78 is 18.1. The van der Waals surface area contributed by atoms with Crippen molar-refractivity contribution in [3.63, 3.8) is 0 Å². The molecular weight excluding hydrogens is 367 g/mol. The van der Waals surface area contributed by atoms with Gasteiger partial charge < -0.3 is 25.2 Å². The third kappa shape index (κ3) is 7.15. The highest BCUT2D eigenvalue weighted by molar-refractivity contribution is 5.91. The van der Waals surface area contributed by atoms with Crippen LogP contribution in [-0.4, -0.2) is 68.7 Å². The van der Waals surface area contributed by atoms with Gasteiger partial charge in [0.05, 0.1) is 13.7 Å². The van der Waals surface area contributed by atoms with Crippen molar-refractivity contribution in [2.75, 3.05) is 45.2 Å². The summed E-state index contributed by atoms with van der Waals surface area (Å²) in [5.74, 6) is -0.865. The van der Waals surface area contributed by atoms with Crippen LogP contribution in [0.4, 0.5) is 14.9 Å². The maximum absolute atomic E-state index is 13.1. The first-order valence-electron chi connectivity index (χ1n) is 9.45. The van der Waals surface area contributed by atoms with Crippen LogP contribution < -0.4 is 15.5 Å². The maximum atomic E-state index is 13.1. The molecule has 2 rings (SSSR count). The number of hydrogen-bond acceptors (Lipinski definition) is 4. The number of nitrogens with zero attached hydrogens (tertiary/aromatic N) is 1. The van der Waals surface area contributed by atoms with Crippen LogP contribution in [0, 0.1) is 5.82 Å². The average Bonchev–Trinajstić information content (AvgIpc) is 2.62. The number of carbonyl (C=O) groups is 3. The first kappa shape index (κ1) is 21.6. The number of likely N-dealkylation sites (N-methyl/N-ethyl adjacent to an activating group) is 1. The lowest BCUT2D eigenvalue weighted by atomic mass is 10.1. The van der Waals surface area contributed by atoms with Crippen LogP contribution in [0.15, 0.2) is 24.3 Å². The zero-order valence-electron chi connectivity index (χ0n) is 16.3. The zero-order chi connectivity index (χ0) is 20.5. The van der Waals surface area contributed by atoms with Crippen LogP contribution in [0.3, 0.4) is 0 Å². The molecule has 1 aliphatic rings. The van der Waals surface area contributed by atoms with Gasteiger partial charge in [-0.3, -0.25) is 9.59 Å². The van der Waals surface area contributed by atoms with Crippen molar-refractivity contribution < 1.29 is 28.4 Å². The van der Waals surface area contributed by atoms with Gasteiger partial charge in [-0.15, -0.1) is 0 Å². The molecule has 0 saturated carbocycles. The van der Waals surface area contributed by atoms with E-state index in [0.717, 1.165) is 4.90 Å².